The number of rotatable bonds is 4. The van der Waals surface area contributed by atoms with Crippen molar-refractivity contribution in [2.75, 3.05) is 9.62 Å². The van der Waals surface area contributed by atoms with Gasteiger partial charge in [-0.05, 0) is 53.5 Å². The molecule has 0 atom stereocenters. The molecule has 0 saturated heterocycles. The number of imidazole rings is 1. The number of nitrogens with zero attached hydrogens (tertiary/aromatic N) is 5. The normalized spacial score (nSPS) is 13.0. The molecule has 2 aliphatic heterocycles. The fourth-order valence-electron chi connectivity index (χ4n) is 6.72. The Bertz CT molecular complexity index is 2210. The number of aromatic nitrogens is 3. The predicted molar refractivity (Wildman–Crippen MR) is 176 cm³/mol. The quantitative estimate of drug-likeness (QED) is 0.129. The van der Waals surface area contributed by atoms with Crippen molar-refractivity contribution in [1.82, 2.24) is 9.55 Å². The van der Waals surface area contributed by atoms with Crippen LogP contribution in [0.25, 0.3) is 27.8 Å². The van der Waals surface area contributed by atoms with E-state index in [1.165, 1.54) is 22.3 Å². The topological polar surface area (TPSA) is 37.4 Å². The first-order valence-corrected chi connectivity index (χ1v) is 14.7. The van der Waals surface area contributed by atoms with Crippen molar-refractivity contribution >= 4 is 46.4 Å². The highest BCUT2D eigenvalue weighted by molar-refractivity contribution is 6.86. The zero-order valence-corrected chi connectivity index (χ0v) is 24.0. The van der Waals surface area contributed by atoms with Gasteiger partial charge in [-0.3, -0.25) is 0 Å². The van der Waals surface area contributed by atoms with Gasteiger partial charge in [-0.2, -0.15) is 0 Å². The van der Waals surface area contributed by atoms with E-state index >= 15 is 0 Å². The van der Waals surface area contributed by atoms with E-state index in [2.05, 4.69) is 124 Å². The summed E-state index contributed by atoms with van der Waals surface area (Å²) in [6.45, 7) is -0.0807. The molecule has 44 heavy (non-hydrogen) atoms. The molecule has 0 spiro atoms. The Balaban J connectivity index is 1.16. The predicted octanol–water partition coefficient (Wildman–Crippen LogP) is 7.11. The summed E-state index contributed by atoms with van der Waals surface area (Å²) in [5.41, 5.74) is 10.3. The van der Waals surface area contributed by atoms with E-state index in [9.17, 15) is 0 Å². The van der Waals surface area contributed by atoms with Gasteiger partial charge in [0.15, 0.2) is 0 Å². The lowest BCUT2D eigenvalue weighted by Crippen LogP contribution is -2.55. The van der Waals surface area contributed by atoms with Gasteiger partial charge >= 0.3 is 6.98 Å². The minimum atomic E-state index is -0.0807. The smallest absolute Gasteiger partial charge is 0.422 e. The second kappa shape index (κ2) is 9.61. The molecule has 0 N–H and O–H groups in total. The third-order valence-corrected chi connectivity index (χ3v) is 8.59. The molecule has 0 saturated carbocycles. The molecular weight excluding hydrogens is 541 g/mol. The number of fused-ring (bicyclic) bond motifs is 9. The van der Waals surface area contributed by atoms with Crippen molar-refractivity contribution in [1.29, 1.82) is 0 Å². The molecule has 4 heterocycles. The van der Waals surface area contributed by atoms with E-state index in [0.29, 0.717) is 0 Å². The molecule has 2 aromatic heterocycles. The Hall–Kier alpha value is -5.82. The Morgan fingerprint density at radius 1 is 0.659 bits per heavy atom. The van der Waals surface area contributed by atoms with E-state index in [4.69, 9.17) is 9.72 Å². The van der Waals surface area contributed by atoms with Crippen molar-refractivity contribution in [2.24, 2.45) is 7.05 Å². The van der Waals surface area contributed by atoms with Crippen LogP contribution in [0.15, 0.2) is 140 Å². The summed E-state index contributed by atoms with van der Waals surface area (Å²) in [6, 6.07) is 46.2. The van der Waals surface area contributed by atoms with Crippen LogP contribution in [-0.2, 0) is 7.05 Å². The zero-order valence-electron chi connectivity index (χ0n) is 24.0. The van der Waals surface area contributed by atoms with Crippen LogP contribution < -0.4 is 24.4 Å². The number of aryl methyl sites for hydroxylation is 1. The summed E-state index contributed by atoms with van der Waals surface area (Å²) < 4.78 is 10.6. The molecule has 2 aliphatic rings. The summed E-state index contributed by atoms with van der Waals surface area (Å²) in [5.74, 6) is 2.40. The fourth-order valence-corrected chi connectivity index (χ4v) is 6.72. The lowest BCUT2D eigenvalue weighted by molar-refractivity contribution is -0.649. The molecule has 6 nitrogen and oxygen atoms in total. The van der Waals surface area contributed by atoms with Gasteiger partial charge in [0.1, 0.15) is 17.3 Å². The van der Waals surface area contributed by atoms with Crippen molar-refractivity contribution in [3.05, 3.63) is 146 Å². The molecule has 5 aromatic carbocycles. The van der Waals surface area contributed by atoms with Crippen LogP contribution in [-0.4, -0.2) is 16.5 Å². The second-order valence-corrected chi connectivity index (χ2v) is 11.1. The van der Waals surface area contributed by atoms with Crippen molar-refractivity contribution in [3.63, 3.8) is 0 Å². The van der Waals surface area contributed by atoms with Gasteiger partial charge in [0.05, 0.1) is 35.1 Å². The van der Waals surface area contributed by atoms with Gasteiger partial charge in [0, 0.05) is 23.5 Å². The molecular formula is C37H26BN5O. The molecule has 0 unspecified atom stereocenters. The first-order valence-electron chi connectivity index (χ1n) is 14.7. The first-order chi connectivity index (χ1) is 21.7. The lowest BCUT2D eigenvalue weighted by atomic mass is 9.59. The van der Waals surface area contributed by atoms with Crippen LogP contribution in [0.2, 0.25) is 0 Å². The molecule has 0 amide bonds. The van der Waals surface area contributed by atoms with Crippen molar-refractivity contribution in [2.45, 2.75) is 0 Å². The Labute approximate surface area is 255 Å². The van der Waals surface area contributed by atoms with E-state index in [1.54, 1.807) is 0 Å². The Kier molecular flexibility index (Phi) is 5.41. The zero-order chi connectivity index (χ0) is 29.2. The van der Waals surface area contributed by atoms with E-state index in [1.807, 2.05) is 48.1 Å². The third-order valence-electron chi connectivity index (χ3n) is 8.59. The van der Waals surface area contributed by atoms with Crippen LogP contribution in [0, 0.1) is 6.33 Å². The van der Waals surface area contributed by atoms with E-state index in [-0.39, 0.29) is 6.98 Å². The van der Waals surface area contributed by atoms with Gasteiger partial charge in [-0.1, -0.05) is 84.9 Å². The number of hydrogen-bond donors (Lipinski definition) is 0. The molecule has 0 fully saturated rings. The van der Waals surface area contributed by atoms with Gasteiger partial charge in [-0.25, -0.2) is 4.98 Å². The van der Waals surface area contributed by atoms with Crippen LogP contribution in [0.3, 0.4) is 0 Å². The highest BCUT2D eigenvalue weighted by Crippen LogP contribution is 2.51. The third kappa shape index (κ3) is 3.69. The summed E-state index contributed by atoms with van der Waals surface area (Å²) in [4.78, 5) is 9.57. The number of benzene rings is 5. The first kappa shape index (κ1) is 24.8. The molecule has 7 aromatic rings. The molecule has 0 bridgehead atoms. The molecule has 0 radical (unpaired) electrons. The molecule has 9 rings (SSSR count). The van der Waals surface area contributed by atoms with Gasteiger partial charge < -0.3 is 23.5 Å². The SMILES string of the molecule is C[n+]1[c-]n(-c2cccc(Oc3ccc4c(c3)N(c3ccccn3)B3c5ccccc5-c5ccccc5N34)c2)c2ccccc21. The van der Waals surface area contributed by atoms with E-state index in [0.717, 1.165) is 45.4 Å². The summed E-state index contributed by atoms with van der Waals surface area (Å²) in [6.07, 6.45) is 5.28. The van der Waals surface area contributed by atoms with Crippen LogP contribution >= 0.6 is 0 Å². The van der Waals surface area contributed by atoms with Crippen molar-refractivity contribution in [3.8, 4) is 28.3 Å². The van der Waals surface area contributed by atoms with Crippen LogP contribution in [0.5, 0.6) is 11.5 Å². The second-order valence-electron chi connectivity index (χ2n) is 11.1. The summed E-state index contributed by atoms with van der Waals surface area (Å²) >= 11 is 0. The highest BCUT2D eigenvalue weighted by atomic mass is 16.5. The maximum atomic E-state index is 6.56. The number of pyridine rings is 1. The molecule has 208 valence electrons. The molecule has 7 heteroatoms. The van der Waals surface area contributed by atoms with Crippen LogP contribution in [0.1, 0.15) is 0 Å². The van der Waals surface area contributed by atoms with Crippen LogP contribution in [0.4, 0.5) is 22.9 Å². The summed E-state index contributed by atoms with van der Waals surface area (Å²) in [7, 11) is 2.02. The largest absolute Gasteiger partial charge is 0.458 e. The monoisotopic (exact) mass is 567 g/mol. The summed E-state index contributed by atoms with van der Waals surface area (Å²) in [5, 5.41) is 0. The lowest BCUT2D eigenvalue weighted by Gasteiger charge is -2.35. The maximum absolute atomic E-state index is 6.56. The van der Waals surface area contributed by atoms with Gasteiger partial charge in [0.25, 0.3) is 0 Å². The fraction of sp³-hybridized carbons (Fsp3) is 0.0270. The van der Waals surface area contributed by atoms with E-state index < -0.39 is 0 Å². The number of anilines is 4. The standard InChI is InChI=1S/C37H26BN5O/c1-40-25-41(34-18-7-6-17-33(34)40)26-11-10-12-27(23-26)44-28-20-21-35-36(24-28)43(37-19-8-9-22-39-37)38-31-15-4-2-13-29(31)30-14-3-5-16-32(30)42(35)38/h2-24H,1H3. The minimum Gasteiger partial charge on any atom is -0.458 e. The number of ether oxygens (including phenoxy) is 1. The average Bonchev–Trinajstić information content (AvgIpc) is 3.60. The number of para-hydroxylation sites is 3. The average molecular weight is 567 g/mol. The van der Waals surface area contributed by atoms with Crippen molar-refractivity contribution < 1.29 is 9.30 Å². The van der Waals surface area contributed by atoms with Gasteiger partial charge in [-0.15, -0.1) is 0 Å². The van der Waals surface area contributed by atoms with Gasteiger partial charge in [0.2, 0.25) is 6.33 Å². The highest BCUT2D eigenvalue weighted by Gasteiger charge is 2.48. The minimum absolute atomic E-state index is 0.0807. The Morgan fingerprint density at radius 2 is 1.45 bits per heavy atom. The Morgan fingerprint density at radius 3 is 2.36 bits per heavy atom. The molecule has 0 aliphatic carbocycles. The number of hydrogen-bond acceptors (Lipinski definition) is 4. The maximum Gasteiger partial charge on any atom is 0.422 e.